The number of nitrogens with zero attached hydrogens (tertiary/aromatic N) is 3. The molecule has 2 aromatic heterocycles. The third-order valence-corrected chi connectivity index (χ3v) is 19.7. The van der Waals surface area contributed by atoms with Crippen LogP contribution in [0.1, 0.15) is 97.8 Å². The van der Waals surface area contributed by atoms with E-state index in [4.69, 9.17) is 4.42 Å². The Morgan fingerprint density at radius 3 is 1.97 bits per heavy atom. The lowest BCUT2D eigenvalue weighted by Gasteiger charge is -2.51. The van der Waals surface area contributed by atoms with Gasteiger partial charge in [0.1, 0.15) is 11.2 Å². The number of rotatable bonds is 4. The summed E-state index contributed by atoms with van der Waals surface area (Å²) in [5, 5.41) is 4.88. The second-order valence-corrected chi connectivity index (χ2v) is 25.8. The molecule has 5 heterocycles. The maximum Gasteiger partial charge on any atom is 0.252 e. The van der Waals surface area contributed by atoms with Gasteiger partial charge in [-0.3, -0.25) is 0 Å². The quantitative estimate of drug-likeness (QED) is 0.164. The monoisotopic (exact) mass is 1000 g/mol. The third kappa shape index (κ3) is 6.31. The van der Waals surface area contributed by atoms with Crippen molar-refractivity contribution in [1.82, 2.24) is 0 Å². The molecular weight excluding hydrogens is 942 g/mol. The standard InChI is InChI=1S/C70H62BN3OS/c1-67(2,3)44-31-34-54(50(39-44)43-21-10-9-11-22-43)73-59-42-46(74-55-27-15-14-26-51(55)69(7)37-18-19-38-70(69,74)8)41-58-64(59)71(52-33-36-61-63(65(52)73)49-24-12-16-29-60(49)75-61)53-40-45(68(4,5)6)32-35-56(53)72(58)57-28-20-25-48-47-23-13-17-30-62(47)76-66(48)57/h9-17,20-36,39-42H,18-19,37-38H2,1-8H3. The Balaban J connectivity index is 1.14. The van der Waals surface area contributed by atoms with Crippen LogP contribution in [0.25, 0.3) is 53.2 Å². The van der Waals surface area contributed by atoms with Crippen molar-refractivity contribution < 1.29 is 4.42 Å². The largest absolute Gasteiger partial charge is 0.456 e. The van der Waals surface area contributed by atoms with Crippen molar-refractivity contribution in [3.63, 3.8) is 0 Å². The third-order valence-electron chi connectivity index (χ3n) is 18.5. The van der Waals surface area contributed by atoms with Crippen LogP contribution in [0, 0.1) is 0 Å². The van der Waals surface area contributed by atoms with Crippen molar-refractivity contribution in [2.45, 2.75) is 103 Å². The number of hydrogen-bond donors (Lipinski definition) is 0. The summed E-state index contributed by atoms with van der Waals surface area (Å²) < 4.78 is 9.54. The minimum Gasteiger partial charge on any atom is -0.456 e. The van der Waals surface area contributed by atoms with Crippen LogP contribution in [0.15, 0.2) is 186 Å². The fraction of sp³-hybridized carbons (Fsp3) is 0.229. The second-order valence-electron chi connectivity index (χ2n) is 24.8. The molecule has 2 atom stereocenters. The molecule has 76 heavy (non-hydrogen) atoms. The predicted octanol–water partition coefficient (Wildman–Crippen LogP) is 18.0. The number of furan rings is 1. The zero-order valence-electron chi connectivity index (χ0n) is 44.9. The van der Waals surface area contributed by atoms with Crippen LogP contribution in [0.3, 0.4) is 0 Å². The number of thiophene rings is 1. The Morgan fingerprint density at radius 1 is 0.513 bits per heavy atom. The van der Waals surface area contributed by atoms with Crippen molar-refractivity contribution in [2.75, 3.05) is 14.7 Å². The Kier molecular flexibility index (Phi) is 9.65. The molecule has 4 aliphatic rings. The molecule has 0 spiro atoms. The van der Waals surface area contributed by atoms with Gasteiger partial charge in [0.15, 0.2) is 0 Å². The Hall–Kier alpha value is -7.54. The van der Waals surface area contributed by atoms with Gasteiger partial charge in [-0.25, -0.2) is 0 Å². The van der Waals surface area contributed by atoms with E-state index in [1.165, 1.54) is 117 Å². The minimum atomic E-state index is -0.172. The average molecular weight is 1000 g/mol. The molecule has 0 radical (unpaired) electrons. The molecule has 1 aliphatic carbocycles. The maximum atomic E-state index is 6.94. The molecule has 0 saturated heterocycles. The van der Waals surface area contributed by atoms with E-state index in [9.17, 15) is 0 Å². The summed E-state index contributed by atoms with van der Waals surface area (Å²) in [7, 11) is 0. The first-order valence-corrected chi connectivity index (χ1v) is 28.4. The van der Waals surface area contributed by atoms with E-state index in [0.717, 1.165) is 40.5 Å². The first kappa shape index (κ1) is 45.8. The smallest absolute Gasteiger partial charge is 0.252 e. The van der Waals surface area contributed by atoms with Crippen molar-refractivity contribution in [3.05, 3.63) is 199 Å². The van der Waals surface area contributed by atoms with E-state index in [2.05, 4.69) is 252 Å². The number of benzene rings is 9. The lowest BCUT2D eigenvalue weighted by Crippen LogP contribution is -2.61. The molecule has 6 heteroatoms. The lowest BCUT2D eigenvalue weighted by atomic mass is 9.33. The summed E-state index contributed by atoms with van der Waals surface area (Å²) in [4.78, 5) is 8.17. The summed E-state index contributed by atoms with van der Waals surface area (Å²) in [6, 6.07) is 69.7. The van der Waals surface area contributed by atoms with E-state index < -0.39 is 0 Å². The highest BCUT2D eigenvalue weighted by Crippen LogP contribution is 2.62. The molecule has 0 N–H and O–H groups in total. The van der Waals surface area contributed by atoms with Gasteiger partial charge >= 0.3 is 0 Å². The number of anilines is 8. The fourth-order valence-corrected chi connectivity index (χ4v) is 15.6. The highest BCUT2D eigenvalue weighted by molar-refractivity contribution is 7.26. The van der Waals surface area contributed by atoms with Crippen LogP contribution < -0.4 is 31.1 Å². The SMILES string of the molecule is CC(C)(C)c1ccc2c(c1)B1c3ccc4oc5ccccc5c4c3N(c3ccc(C(C)(C)C)cc3-c3ccccc3)c3cc(N4c5ccccc5C5(C)CCCCC45C)cc(c31)N2c1cccc2c1sc1ccccc12. The van der Waals surface area contributed by atoms with Crippen molar-refractivity contribution in [1.29, 1.82) is 0 Å². The van der Waals surface area contributed by atoms with E-state index in [1.807, 2.05) is 11.3 Å². The van der Waals surface area contributed by atoms with E-state index in [0.29, 0.717) is 0 Å². The van der Waals surface area contributed by atoms with Gasteiger partial charge in [-0.15, -0.1) is 11.3 Å². The van der Waals surface area contributed by atoms with Gasteiger partial charge in [0, 0.05) is 60.3 Å². The first-order chi connectivity index (χ1) is 36.7. The molecule has 15 rings (SSSR count). The average Bonchev–Trinajstić information content (AvgIpc) is 4.23. The number of hydrogen-bond acceptors (Lipinski definition) is 5. The molecule has 4 nitrogen and oxygen atoms in total. The topological polar surface area (TPSA) is 22.9 Å². The van der Waals surface area contributed by atoms with E-state index in [-0.39, 0.29) is 28.5 Å². The number of fused-ring (bicyclic) bond motifs is 14. The number of para-hydroxylation sites is 2. The van der Waals surface area contributed by atoms with Gasteiger partial charge < -0.3 is 19.1 Å². The molecule has 1 saturated carbocycles. The molecule has 372 valence electrons. The van der Waals surface area contributed by atoms with Gasteiger partial charge in [0.05, 0.1) is 32.7 Å². The van der Waals surface area contributed by atoms with Crippen molar-refractivity contribution in [2.24, 2.45) is 0 Å². The van der Waals surface area contributed by atoms with Crippen molar-refractivity contribution in [3.8, 4) is 11.1 Å². The molecule has 3 aliphatic heterocycles. The zero-order chi connectivity index (χ0) is 51.6. The molecular formula is C70H62BN3OS. The highest BCUT2D eigenvalue weighted by atomic mass is 32.1. The molecule has 9 aromatic carbocycles. The summed E-state index contributed by atoms with van der Waals surface area (Å²) in [5.74, 6) is 0. The Labute approximate surface area is 451 Å². The predicted molar refractivity (Wildman–Crippen MR) is 326 cm³/mol. The lowest BCUT2D eigenvalue weighted by molar-refractivity contribution is 0.195. The Bertz CT molecular complexity index is 4230. The molecule has 0 bridgehead atoms. The summed E-state index contributed by atoms with van der Waals surface area (Å²) in [5.41, 5.74) is 21.6. The zero-order valence-corrected chi connectivity index (χ0v) is 45.7. The van der Waals surface area contributed by atoms with Crippen molar-refractivity contribution >= 4 is 122 Å². The summed E-state index contributed by atoms with van der Waals surface area (Å²) in [6.07, 6.45) is 4.70. The van der Waals surface area contributed by atoms with Crippen LogP contribution in [-0.2, 0) is 16.2 Å². The normalized spacial score (nSPS) is 18.8. The van der Waals surface area contributed by atoms with Gasteiger partial charge in [-0.2, -0.15) is 0 Å². The van der Waals surface area contributed by atoms with Crippen LogP contribution >= 0.6 is 11.3 Å². The van der Waals surface area contributed by atoms with Gasteiger partial charge in [0.25, 0.3) is 6.71 Å². The van der Waals surface area contributed by atoms with Gasteiger partial charge in [0.2, 0.25) is 0 Å². The fourth-order valence-electron chi connectivity index (χ4n) is 14.4. The second kappa shape index (κ2) is 16.0. The Morgan fingerprint density at radius 2 is 1.17 bits per heavy atom. The highest BCUT2D eigenvalue weighted by Gasteiger charge is 2.58. The summed E-state index contributed by atoms with van der Waals surface area (Å²) in [6.45, 7) is 19.1. The summed E-state index contributed by atoms with van der Waals surface area (Å²) >= 11 is 1.92. The molecule has 11 aromatic rings. The van der Waals surface area contributed by atoms with Crippen LogP contribution in [0.2, 0.25) is 0 Å². The van der Waals surface area contributed by atoms with E-state index in [1.54, 1.807) is 0 Å². The van der Waals surface area contributed by atoms with E-state index >= 15 is 0 Å². The maximum absolute atomic E-state index is 6.94. The van der Waals surface area contributed by atoms with Crippen LogP contribution in [0.4, 0.5) is 45.5 Å². The molecule has 1 fully saturated rings. The first-order valence-electron chi connectivity index (χ1n) is 27.6. The molecule has 2 unspecified atom stereocenters. The molecule has 0 amide bonds. The minimum absolute atomic E-state index is 0.0345. The van der Waals surface area contributed by atoms with Crippen LogP contribution in [-0.4, -0.2) is 12.3 Å². The van der Waals surface area contributed by atoms with Gasteiger partial charge in [-0.05, 0) is 130 Å². The van der Waals surface area contributed by atoms with Crippen LogP contribution in [0.5, 0.6) is 0 Å². The van der Waals surface area contributed by atoms with Gasteiger partial charge in [-0.1, -0.05) is 183 Å².